The van der Waals surface area contributed by atoms with E-state index in [0.29, 0.717) is 12.1 Å². The first-order valence-electron chi connectivity index (χ1n) is 8.76. The van der Waals surface area contributed by atoms with Crippen molar-refractivity contribution in [3.63, 3.8) is 0 Å². The Balaban J connectivity index is 1.56. The molecule has 0 bridgehead atoms. The van der Waals surface area contributed by atoms with Crippen molar-refractivity contribution >= 4 is 21.6 Å². The first-order chi connectivity index (χ1) is 13.2. The van der Waals surface area contributed by atoms with Gasteiger partial charge in [0.15, 0.2) is 0 Å². The van der Waals surface area contributed by atoms with E-state index < -0.39 is 28.0 Å². The molecule has 1 heterocycles. The third-order valence-electron chi connectivity index (χ3n) is 4.57. The number of rotatable bonds is 6. The minimum atomic E-state index is -3.82. The van der Waals surface area contributed by atoms with E-state index in [-0.39, 0.29) is 30.3 Å². The second kappa shape index (κ2) is 8.26. The summed E-state index contributed by atoms with van der Waals surface area (Å²) >= 11 is 0. The minimum absolute atomic E-state index is 0.0430. The highest BCUT2D eigenvalue weighted by molar-refractivity contribution is 7.92. The molecule has 1 aliphatic heterocycles. The maximum absolute atomic E-state index is 12.9. The molecule has 1 aliphatic rings. The molecule has 0 unspecified atom stereocenters. The fourth-order valence-corrected chi connectivity index (χ4v) is 4.01. The second-order valence-corrected chi connectivity index (χ2v) is 8.37. The van der Waals surface area contributed by atoms with Gasteiger partial charge in [-0.1, -0.05) is 12.1 Å². The van der Waals surface area contributed by atoms with E-state index in [9.17, 15) is 27.8 Å². The van der Waals surface area contributed by atoms with E-state index in [0.717, 1.165) is 17.7 Å². The van der Waals surface area contributed by atoms with E-state index in [4.69, 9.17) is 0 Å². The van der Waals surface area contributed by atoms with Crippen molar-refractivity contribution in [1.82, 2.24) is 4.90 Å². The van der Waals surface area contributed by atoms with Gasteiger partial charge in [0.2, 0.25) is 5.91 Å². The van der Waals surface area contributed by atoms with Gasteiger partial charge < -0.3 is 15.1 Å². The number of likely N-dealkylation sites (tertiary alicyclic amines) is 1. The molecule has 0 spiro atoms. The lowest BCUT2D eigenvalue weighted by atomic mass is 10.1. The van der Waals surface area contributed by atoms with Crippen molar-refractivity contribution in [2.45, 2.75) is 29.9 Å². The Morgan fingerprint density at radius 2 is 1.61 bits per heavy atom. The summed E-state index contributed by atoms with van der Waals surface area (Å²) in [6.07, 6.45) is -1.14. The maximum atomic E-state index is 12.9. The van der Waals surface area contributed by atoms with Crippen molar-refractivity contribution in [1.29, 1.82) is 0 Å². The number of nitrogens with one attached hydrogen (secondary N) is 1. The number of nitrogens with zero attached hydrogens (tertiary/aromatic N) is 1. The summed E-state index contributed by atoms with van der Waals surface area (Å²) in [6.45, 7) is 0.258. The van der Waals surface area contributed by atoms with Crippen LogP contribution in [0.15, 0.2) is 53.4 Å². The van der Waals surface area contributed by atoms with Crippen LogP contribution >= 0.6 is 0 Å². The lowest BCUT2D eigenvalue weighted by molar-refractivity contribution is -0.130. The number of carbonyl (C=O) groups excluding carboxylic acids is 1. The van der Waals surface area contributed by atoms with Gasteiger partial charge >= 0.3 is 0 Å². The van der Waals surface area contributed by atoms with Gasteiger partial charge in [-0.3, -0.25) is 9.52 Å². The molecule has 3 rings (SSSR count). The monoisotopic (exact) mass is 408 g/mol. The smallest absolute Gasteiger partial charge is 0.261 e. The van der Waals surface area contributed by atoms with Crippen LogP contribution in [-0.4, -0.2) is 54.7 Å². The van der Waals surface area contributed by atoms with Crippen LogP contribution in [0.1, 0.15) is 12.0 Å². The van der Waals surface area contributed by atoms with Gasteiger partial charge in [-0.25, -0.2) is 12.8 Å². The van der Waals surface area contributed by atoms with Crippen LogP contribution in [-0.2, 0) is 21.2 Å². The van der Waals surface area contributed by atoms with E-state index in [1.165, 1.54) is 17.0 Å². The molecule has 1 fully saturated rings. The fraction of sp³-hybridized carbons (Fsp3) is 0.316. The van der Waals surface area contributed by atoms with Crippen molar-refractivity contribution in [2.75, 3.05) is 17.8 Å². The Bertz CT molecular complexity index is 922. The van der Waals surface area contributed by atoms with E-state index in [1.807, 2.05) is 0 Å². The number of aliphatic hydroxyl groups is 2. The predicted octanol–water partition coefficient (Wildman–Crippen LogP) is 1.12. The van der Waals surface area contributed by atoms with Crippen molar-refractivity contribution in [2.24, 2.45) is 0 Å². The lowest BCUT2D eigenvalue weighted by Gasteiger charge is -2.15. The topological polar surface area (TPSA) is 107 Å². The zero-order chi connectivity index (χ0) is 20.3. The molecule has 2 aromatic rings. The maximum Gasteiger partial charge on any atom is 0.261 e. The summed E-state index contributed by atoms with van der Waals surface area (Å²) in [7, 11) is -3.82. The molecule has 1 saturated heterocycles. The van der Waals surface area contributed by atoms with Crippen LogP contribution in [0, 0.1) is 5.82 Å². The highest BCUT2D eigenvalue weighted by Gasteiger charge is 2.32. The molecule has 7 nitrogen and oxygen atoms in total. The predicted molar refractivity (Wildman–Crippen MR) is 101 cm³/mol. The third kappa shape index (κ3) is 4.86. The van der Waals surface area contributed by atoms with Crippen LogP contribution in [0.4, 0.5) is 10.1 Å². The van der Waals surface area contributed by atoms with Crippen LogP contribution < -0.4 is 4.72 Å². The van der Waals surface area contributed by atoms with Gasteiger partial charge in [0.25, 0.3) is 10.0 Å². The summed E-state index contributed by atoms with van der Waals surface area (Å²) in [6, 6.07) is 11.1. The molecular formula is C19H21FN2O5S. The fourth-order valence-electron chi connectivity index (χ4n) is 2.95. The van der Waals surface area contributed by atoms with E-state index in [1.54, 1.807) is 24.3 Å². The van der Waals surface area contributed by atoms with Crippen molar-refractivity contribution in [3.05, 3.63) is 59.9 Å². The Labute approximate surface area is 162 Å². The molecule has 150 valence electrons. The molecule has 0 radical (unpaired) electrons. The first-order valence-corrected chi connectivity index (χ1v) is 10.2. The lowest BCUT2D eigenvalue weighted by Crippen LogP contribution is -2.29. The largest absolute Gasteiger partial charge is 0.388 e. The normalized spacial score (nSPS) is 19.6. The number of aryl methyl sites for hydroxylation is 1. The van der Waals surface area contributed by atoms with Crippen LogP contribution in [0.2, 0.25) is 0 Å². The van der Waals surface area contributed by atoms with E-state index in [2.05, 4.69) is 4.72 Å². The van der Waals surface area contributed by atoms with Crippen LogP contribution in [0.25, 0.3) is 0 Å². The number of benzene rings is 2. The van der Waals surface area contributed by atoms with Crippen LogP contribution in [0.5, 0.6) is 0 Å². The Kier molecular flexibility index (Phi) is 5.97. The number of sulfonamides is 1. The number of aliphatic hydroxyl groups excluding tert-OH is 2. The molecule has 0 aliphatic carbocycles. The van der Waals surface area contributed by atoms with Gasteiger partial charge in [-0.2, -0.15) is 0 Å². The van der Waals surface area contributed by atoms with Crippen molar-refractivity contribution < 1.29 is 27.8 Å². The number of amides is 1. The van der Waals surface area contributed by atoms with Gasteiger partial charge in [-0.05, 0) is 48.4 Å². The van der Waals surface area contributed by atoms with Gasteiger partial charge in [-0.15, -0.1) is 0 Å². The molecule has 0 aromatic heterocycles. The average molecular weight is 408 g/mol. The summed E-state index contributed by atoms with van der Waals surface area (Å²) in [5.41, 5.74) is 1.20. The summed E-state index contributed by atoms with van der Waals surface area (Å²) < 4.78 is 39.9. The standard InChI is InChI=1S/C19H21FN2O5S/c20-14-4-8-16(9-5-14)28(26,27)21-15-6-1-13(2-7-15)3-10-19(25)22-11-17(23)18(24)12-22/h1-2,4-9,17-18,21,23-24H,3,10-12H2/t17-,18-/m0/s1. The van der Waals surface area contributed by atoms with Gasteiger partial charge in [0.05, 0.1) is 17.1 Å². The zero-order valence-electron chi connectivity index (χ0n) is 15.0. The molecule has 28 heavy (non-hydrogen) atoms. The summed E-state index contributed by atoms with van der Waals surface area (Å²) in [4.78, 5) is 13.5. The van der Waals surface area contributed by atoms with Crippen molar-refractivity contribution in [3.8, 4) is 0 Å². The highest BCUT2D eigenvalue weighted by Crippen LogP contribution is 2.18. The average Bonchev–Trinajstić information content (AvgIpc) is 3.00. The zero-order valence-corrected chi connectivity index (χ0v) is 15.8. The molecule has 1 amide bonds. The molecule has 3 N–H and O–H groups in total. The quantitative estimate of drug-likeness (QED) is 0.664. The highest BCUT2D eigenvalue weighted by atomic mass is 32.2. The molecule has 2 atom stereocenters. The molecular weight excluding hydrogens is 387 g/mol. The molecule has 9 heteroatoms. The van der Waals surface area contributed by atoms with Gasteiger partial charge in [0, 0.05) is 25.2 Å². The molecule has 2 aromatic carbocycles. The Morgan fingerprint density at radius 1 is 1.04 bits per heavy atom. The Morgan fingerprint density at radius 3 is 2.18 bits per heavy atom. The number of hydrogen-bond acceptors (Lipinski definition) is 5. The number of hydrogen-bond donors (Lipinski definition) is 3. The third-order valence-corrected chi connectivity index (χ3v) is 5.97. The first kappa shape index (κ1) is 20.2. The number of carbonyl (C=O) groups is 1. The number of anilines is 1. The second-order valence-electron chi connectivity index (χ2n) is 6.69. The summed E-state index contributed by atoms with van der Waals surface area (Å²) in [5.74, 6) is -0.674. The van der Waals surface area contributed by atoms with Crippen LogP contribution in [0.3, 0.4) is 0 Å². The SMILES string of the molecule is O=C(CCc1ccc(NS(=O)(=O)c2ccc(F)cc2)cc1)N1C[C@H](O)[C@@H](O)C1. The number of halogens is 1. The Hall–Kier alpha value is -2.49. The molecule has 0 saturated carbocycles. The van der Waals surface area contributed by atoms with E-state index >= 15 is 0 Å². The number of β-amino-alcohol motifs (C(OH)–C–C–N with tert-alkyl or cyclic N) is 2. The van der Waals surface area contributed by atoms with Gasteiger partial charge in [0.1, 0.15) is 5.82 Å². The minimum Gasteiger partial charge on any atom is -0.388 e. The summed E-state index contributed by atoms with van der Waals surface area (Å²) in [5, 5.41) is 19.0.